The molecule has 0 heterocycles. The maximum Gasteiger partial charge on any atom is 0.339 e. The van der Waals surface area contributed by atoms with E-state index in [4.69, 9.17) is 16.3 Å². The highest BCUT2D eigenvalue weighted by Crippen LogP contribution is 2.27. The molecule has 0 aliphatic heterocycles. The van der Waals surface area contributed by atoms with Gasteiger partial charge in [-0.25, -0.2) is 4.79 Å². The Labute approximate surface area is 106 Å². The summed E-state index contributed by atoms with van der Waals surface area (Å²) in [6, 6.07) is 5.63. The average Bonchev–Trinajstić information content (AvgIpc) is 2.81. The second-order valence-corrected chi connectivity index (χ2v) is 4.74. The Morgan fingerprint density at radius 2 is 2.12 bits per heavy atom. The van der Waals surface area contributed by atoms with Crippen molar-refractivity contribution in [3.8, 4) is 0 Å². The van der Waals surface area contributed by atoms with Gasteiger partial charge in [-0.3, -0.25) is 0 Å². The molecule has 1 aliphatic rings. The topological polar surface area (TPSA) is 38.3 Å². The summed E-state index contributed by atoms with van der Waals surface area (Å²) in [5.74, 6) is -0.331. The lowest BCUT2D eigenvalue weighted by atomic mass is 10.1. The molecule has 1 fully saturated rings. The van der Waals surface area contributed by atoms with Crippen molar-refractivity contribution in [1.29, 1.82) is 0 Å². The van der Waals surface area contributed by atoms with Crippen molar-refractivity contribution in [3.63, 3.8) is 0 Å². The van der Waals surface area contributed by atoms with Crippen LogP contribution in [0.5, 0.6) is 0 Å². The van der Waals surface area contributed by atoms with E-state index in [0.717, 1.165) is 18.5 Å². The molecule has 0 bridgehead atoms. The molecule has 17 heavy (non-hydrogen) atoms. The SMILES string of the molecule is COC(=O)c1ccc(Cl)cc1NC1CCCC1. The van der Waals surface area contributed by atoms with E-state index >= 15 is 0 Å². The smallest absolute Gasteiger partial charge is 0.339 e. The zero-order valence-corrected chi connectivity index (χ0v) is 10.6. The van der Waals surface area contributed by atoms with Gasteiger partial charge in [-0.05, 0) is 31.0 Å². The molecule has 0 unspecified atom stereocenters. The van der Waals surface area contributed by atoms with Crippen molar-refractivity contribution in [2.75, 3.05) is 12.4 Å². The second-order valence-electron chi connectivity index (χ2n) is 4.31. The summed E-state index contributed by atoms with van der Waals surface area (Å²) in [5, 5.41) is 4.00. The summed E-state index contributed by atoms with van der Waals surface area (Å²) in [6.07, 6.45) is 4.78. The standard InChI is InChI=1S/C13H16ClNO2/c1-17-13(16)11-7-6-9(14)8-12(11)15-10-4-2-3-5-10/h6-8,10,15H,2-5H2,1H3. The van der Waals surface area contributed by atoms with Crippen LogP contribution < -0.4 is 5.32 Å². The van der Waals surface area contributed by atoms with Crippen LogP contribution in [-0.4, -0.2) is 19.1 Å². The summed E-state index contributed by atoms with van der Waals surface area (Å²) in [6.45, 7) is 0. The van der Waals surface area contributed by atoms with Gasteiger partial charge in [0.1, 0.15) is 0 Å². The Bertz CT molecular complexity index is 414. The number of rotatable bonds is 3. The van der Waals surface area contributed by atoms with Crippen molar-refractivity contribution in [3.05, 3.63) is 28.8 Å². The van der Waals surface area contributed by atoms with E-state index in [1.54, 1.807) is 18.2 Å². The van der Waals surface area contributed by atoms with Crippen molar-refractivity contribution in [1.82, 2.24) is 0 Å². The third kappa shape index (κ3) is 2.91. The van der Waals surface area contributed by atoms with Gasteiger partial charge in [0.05, 0.1) is 18.4 Å². The number of esters is 1. The predicted octanol–water partition coefficient (Wildman–Crippen LogP) is 3.48. The lowest BCUT2D eigenvalue weighted by molar-refractivity contribution is 0.0602. The Morgan fingerprint density at radius 3 is 2.76 bits per heavy atom. The first-order valence-corrected chi connectivity index (χ1v) is 6.23. The second kappa shape index (κ2) is 5.41. The highest BCUT2D eigenvalue weighted by molar-refractivity contribution is 6.31. The van der Waals surface area contributed by atoms with Gasteiger partial charge in [0.25, 0.3) is 0 Å². The lowest BCUT2D eigenvalue weighted by Gasteiger charge is -2.16. The van der Waals surface area contributed by atoms with E-state index in [9.17, 15) is 4.79 Å². The monoisotopic (exact) mass is 253 g/mol. The fourth-order valence-corrected chi connectivity index (χ4v) is 2.39. The van der Waals surface area contributed by atoms with Gasteiger partial charge in [-0.2, -0.15) is 0 Å². The number of carbonyl (C=O) groups excluding carboxylic acids is 1. The van der Waals surface area contributed by atoms with Crippen LogP contribution in [-0.2, 0) is 4.74 Å². The maximum atomic E-state index is 11.6. The van der Waals surface area contributed by atoms with Gasteiger partial charge in [0.15, 0.2) is 0 Å². The number of anilines is 1. The number of ether oxygens (including phenoxy) is 1. The zero-order chi connectivity index (χ0) is 12.3. The Balaban J connectivity index is 2.22. The Kier molecular flexibility index (Phi) is 3.89. The minimum atomic E-state index is -0.331. The molecule has 4 heteroatoms. The van der Waals surface area contributed by atoms with Crippen LogP contribution in [0.15, 0.2) is 18.2 Å². The van der Waals surface area contributed by atoms with Crippen molar-refractivity contribution < 1.29 is 9.53 Å². The largest absolute Gasteiger partial charge is 0.465 e. The number of carbonyl (C=O) groups is 1. The number of benzene rings is 1. The molecule has 0 spiro atoms. The summed E-state index contributed by atoms with van der Waals surface area (Å²) in [4.78, 5) is 11.6. The molecule has 0 aromatic heterocycles. The molecule has 2 rings (SSSR count). The van der Waals surface area contributed by atoms with Gasteiger partial charge in [0, 0.05) is 11.1 Å². The molecule has 0 saturated heterocycles. The minimum Gasteiger partial charge on any atom is -0.465 e. The van der Waals surface area contributed by atoms with Gasteiger partial charge in [0.2, 0.25) is 0 Å². The van der Waals surface area contributed by atoms with Crippen LogP contribution in [0.25, 0.3) is 0 Å². The molecule has 1 saturated carbocycles. The van der Waals surface area contributed by atoms with E-state index in [0.29, 0.717) is 16.6 Å². The summed E-state index contributed by atoms with van der Waals surface area (Å²) in [7, 11) is 1.39. The quantitative estimate of drug-likeness (QED) is 0.838. The first kappa shape index (κ1) is 12.2. The van der Waals surface area contributed by atoms with Crippen LogP contribution in [0, 0.1) is 0 Å². The first-order valence-electron chi connectivity index (χ1n) is 5.85. The highest BCUT2D eigenvalue weighted by atomic mass is 35.5. The molecule has 1 aromatic rings. The van der Waals surface area contributed by atoms with Gasteiger partial charge < -0.3 is 10.1 Å². The van der Waals surface area contributed by atoms with Crippen LogP contribution in [0.2, 0.25) is 5.02 Å². The Morgan fingerprint density at radius 1 is 1.41 bits per heavy atom. The van der Waals surface area contributed by atoms with Crippen LogP contribution in [0.4, 0.5) is 5.69 Å². The first-order chi connectivity index (χ1) is 8.20. The normalized spacial score (nSPS) is 15.9. The van der Waals surface area contributed by atoms with Gasteiger partial charge in [-0.15, -0.1) is 0 Å². The molecule has 1 aromatic carbocycles. The summed E-state index contributed by atoms with van der Waals surface area (Å²) >= 11 is 5.96. The van der Waals surface area contributed by atoms with E-state index in [1.807, 2.05) is 0 Å². The average molecular weight is 254 g/mol. The summed E-state index contributed by atoms with van der Waals surface area (Å²) < 4.78 is 4.76. The highest BCUT2D eigenvalue weighted by Gasteiger charge is 2.18. The third-order valence-corrected chi connectivity index (χ3v) is 3.34. The van der Waals surface area contributed by atoms with Crippen LogP contribution in [0.1, 0.15) is 36.0 Å². The number of methoxy groups -OCH3 is 1. The fourth-order valence-electron chi connectivity index (χ4n) is 2.21. The van der Waals surface area contributed by atoms with Crippen molar-refractivity contribution in [2.24, 2.45) is 0 Å². The third-order valence-electron chi connectivity index (χ3n) is 3.10. The van der Waals surface area contributed by atoms with E-state index < -0.39 is 0 Å². The molecule has 92 valence electrons. The number of hydrogen-bond donors (Lipinski definition) is 1. The molecule has 0 radical (unpaired) electrons. The molecule has 3 nitrogen and oxygen atoms in total. The molecule has 0 atom stereocenters. The fraction of sp³-hybridized carbons (Fsp3) is 0.462. The minimum absolute atomic E-state index is 0.331. The van der Waals surface area contributed by atoms with E-state index in [-0.39, 0.29) is 5.97 Å². The van der Waals surface area contributed by atoms with Crippen molar-refractivity contribution in [2.45, 2.75) is 31.7 Å². The predicted molar refractivity (Wildman–Crippen MR) is 68.7 cm³/mol. The van der Waals surface area contributed by atoms with Gasteiger partial charge >= 0.3 is 5.97 Å². The number of hydrogen-bond acceptors (Lipinski definition) is 3. The van der Waals surface area contributed by atoms with Crippen LogP contribution >= 0.6 is 11.6 Å². The molecule has 0 amide bonds. The van der Waals surface area contributed by atoms with Gasteiger partial charge in [-0.1, -0.05) is 24.4 Å². The Hall–Kier alpha value is -1.22. The maximum absolute atomic E-state index is 11.6. The lowest BCUT2D eigenvalue weighted by Crippen LogP contribution is -2.17. The number of halogens is 1. The van der Waals surface area contributed by atoms with Crippen molar-refractivity contribution >= 4 is 23.3 Å². The molecule has 1 N–H and O–H groups in total. The molecule has 1 aliphatic carbocycles. The van der Waals surface area contributed by atoms with E-state index in [1.165, 1.54) is 20.0 Å². The molecular weight excluding hydrogens is 238 g/mol. The van der Waals surface area contributed by atoms with Crippen LogP contribution in [0.3, 0.4) is 0 Å². The summed E-state index contributed by atoms with van der Waals surface area (Å²) in [5.41, 5.74) is 1.32. The number of nitrogens with one attached hydrogen (secondary N) is 1. The zero-order valence-electron chi connectivity index (χ0n) is 9.83. The van der Waals surface area contributed by atoms with E-state index in [2.05, 4.69) is 5.32 Å². The molecular formula is C13H16ClNO2.